The van der Waals surface area contributed by atoms with Crippen molar-refractivity contribution in [3.05, 3.63) is 124 Å². The summed E-state index contributed by atoms with van der Waals surface area (Å²) in [6.45, 7) is 35.7. The average Bonchev–Trinajstić information content (AvgIpc) is 3.55. The maximum atomic E-state index is 7.53. The molecule has 3 heterocycles. The van der Waals surface area contributed by atoms with Gasteiger partial charge in [-0.2, -0.15) is 0 Å². The normalized spacial score (nSPS) is 19.2. The van der Waals surface area contributed by atoms with Crippen LogP contribution in [-0.4, -0.2) is 6.71 Å². The van der Waals surface area contributed by atoms with Gasteiger partial charge in [0.2, 0.25) is 0 Å². The molecular weight excluding hydrogens is 739 g/mol. The van der Waals surface area contributed by atoms with E-state index in [1.54, 1.807) is 0 Å². The molecule has 61 heavy (non-hydrogen) atoms. The Morgan fingerprint density at radius 2 is 1.07 bits per heavy atom. The van der Waals surface area contributed by atoms with Crippen LogP contribution in [0.15, 0.2) is 89.3 Å². The lowest BCUT2D eigenvalue weighted by molar-refractivity contribution is 0.332. The summed E-state index contributed by atoms with van der Waals surface area (Å²) in [4.78, 5) is 5.20. The minimum Gasteiger partial charge on any atom is -0.468 e. The third-order valence-electron chi connectivity index (χ3n) is 15.7. The molecule has 0 saturated carbocycles. The summed E-state index contributed by atoms with van der Waals surface area (Å²) in [6, 6.07) is 33.9. The molecule has 1 aromatic heterocycles. The first-order chi connectivity index (χ1) is 28.4. The maximum absolute atomic E-state index is 7.53. The highest BCUT2D eigenvalue weighted by Gasteiger charge is 2.49. The molecule has 0 bridgehead atoms. The molecule has 0 spiro atoms. The zero-order valence-corrected chi connectivity index (χ0v) is 39.8. The van der Waals surface area contributed by atoms with Crippen molar-refractivity contribution in [3.63, 3.8) is 0 Å². The van der Waals surface area contributed by atoms with Gasteiger partial charge in [-0.15, -0.1) is 0 Å². The van der Waals surface area contributed by atoms with Crippen molar-refractivity contribution in [1.82, 2.24) is 0 Å². The summed E-state index contributed by atoms with van der Waals surface area (Å²) in [5.41, 5.74) is 22.1. The van der Waals surface area contributed by atoms with Crippen molar-refractivity contribution in [2.75, 3.05) is 9.80 Å². The number of aryl methyl sites for hydroxylation is 1. The van der Waals surface area contributed by atoms with Gasteiger partial charge in [-0.25, -0.2) is 0 Å². The van der Waals surface area contributed by atoms with E-state index in [1.165, 1.54) is 115 Å². The van der Waals surface area contributed by atoms with Gasteiger partial charge < -0.3 is 14.2 Å². The minimum absolute atomic E-state index is 0.00746. The Bertz CT molecular complexity index is 2820. The van der Waals surface area contributed by atoms with Crippen molar-refractivity contribution < 1.29 is 4.42 Å². The molecular formula is C57H67BN2O. The molecule has 5 aromatic carbocycles. The Morgan fingerprint density at radius 3 is 1.69 bits per heavy atom. The number of hydrogen-bond donors (Lipinski definition) is 0. The standard InChI is InChI=1S/C57H67BN2O/c1-34-27-46-49-47(28-34)60(38-20-21-40-41(31-38)55(10,11)24-23-54(40,8)9)50-39-32-42-43(57(14,15)26-25-56(42,12)13)33-48(39)61-51(50)58(49)44-22-19-36(53(5,6)7)30-45(44)59(46)37-18-16-17-35(29-37)52(2,3)4/h16-22,27-33H,23-26H2,1-15H3. The fourth-order valence-corrected chi connectivity index (χ4v) is 11.5. The monoisotopic (exact) mass is 807 g/mol. The first kappa shape index (κ1) is 40.4. The second-order valence-electron chi connectivity index (χ2n) is 24.1. The van der Waals surface area contributed by atoms with Crippen LogP contribution in [-0.2, 0) is 32.5 Å². The van der Waals surface area contributed by atoms with Gasteiger partial charge in [0.05, 0.1) is 11.3 Å². The molecule has 0 saturated heterocycles. The molecule has 0 radical (unpaired) electrons. The van der Waals surface area contributed by atoms with E-state index in [-0.39, 0.29) is 39.2 Å². The van der Waals surface area contributed by atoms with Crippen molar-refractivity contribution in [2.45, 2.75) is 162 Å². The van der Waals surface area contributed by atoms with Crippen LogP contribution in [0, 0.1) is 6.92 Å². The first-order valence-electron chi connectivity index (χ1n) is 23.1. The molecule has 4 aliphatic rings. The van der Waals surface area contributed by atoms with Crippen LogP contribution in [0.25, 0.3) is 11.0 Å². The van der Waals surface area contributed by atoms with Gasteiger partial charge in [-0.05, 0) is 170 Å². The van der Waals surface area contributed by atoms with Crippen LogP contribution in [0.4, 0.5) is 34.1 Å². The van der Waals surface area contributed by atoms with Gasteiger partial charge >= 0.3 is 0 Å². The van der Waals surface area contributed by atoms with E-state index < -0.39 is 0 Å². The molecule has 4 heteroatoms. The van der Waals surface area contributed by atoms with Crippen molar-refractivity contribution in [1.29, 1.82) is 0 Å². The predicted molar refractivity (Wildman–Crippen MR) is 263 cm³/mol. The molecule has 0 amide bonds. The van der Waals surface area contributed by atoms with Crippen LogP contribution in [0.5, 0.6) is 0 Å². The molecule has 6 aromatic rings. The number of rotatable bonds is 2. The molecule has 0 atom stereocenters. The summed E-state index contributed by atoms with van der Waals surface area (Å²) in [7, 11) is 0. The van der Waals surface area contributed by atoms with Crippen molar-refractivity contribution >= 4 is 68.4 Å². The number of nitrogens with zero attached hydrogens (tertiary/aromatic N) is 2. The van der Waals surface area contributed by atoms with E-state index in [9.17, 15) is 0 Å². The third kappa shape index (κ3) is 6.04. The minimum atomic E-state index is -0.0821. The highest BCUT2D eigenvalue weighted by molar-refractivity contribution is 7.00. The molecule has 0 N–H and O–H groups in total. The Hall–Kier alpha value is -4.70. The van der Waals surface area contributed by atoms with Crippen LogP contribution in [0.2, 0.25) is 0 Å². The number of fused-ring (bicyclic) bond motifs is 8. The van der Waals surface area contributed by atoms with Gasteiger partial charge in [-0.3, -0.25) is 0 Å². The fraction of sp³-hybridized carbons (Fsp3) is 0.439. The number of anilines is 6. The topological polar surface area (TPSA) is 19.6 Å². The second-order valence-corrected chi connectivity index (χ2v) is 24.1. The summed E-state index contributed by atoms with van der Waals surface area (Å²) < 4.78 is 7.53. The van der Waals surface area contributed by atoms with Gasteiger partial charge in [0.25, 0.3) is 6.71 Å². The quantitative estimate of drug-likeness (QED) is 0.162. The van der Waals surface area contributed by atoms with Crippen LogP contribution in [0.3, 0.4) is 0 Å². The zero-order valence-electron chi connectivity index (χ0n) is 39.8. The Morgan fingerprint density at radius 1 is 0.525 bits per heavy atom. The summed E-state index contributed by atoms with van der Waals surface area (Å²) in [5.74, 6) is 0. The molecule has 3 nitrogen and oxygen atoms in total. The largest absolute Gasteiger partial charge is 0.468 e. The highest BCUT2D eigenvalue weighted by Crippen LogP contribution is 2.53. The van der Waals surface area contributed by atoms with Crippen LogP contribution >= 0.6 is 0 Å². The molecule has 10 rings (SSSR count). The average molecular weight is 807 g/mol. The number of furan rings is 1. The Labute approximate surface area is 367 Å². The molecule has 2 aliphatic carbocycles. The smallest absolute Gasteiger partial charge is 0.297 e. The summed E-state index contributed by atoms with van der Waals surface area (Å²) in [6.07, 6.45) is 4.70. The Balaban J connectivity index is 1.33. The van der Waals surface area contributed by atoms with Gasteiger partial charge in [-0.1, -0.05) is 127 Å². The van der Waals surface area contributed by atoms with E-state index in [0.29, 0.717) is 0 Å². The number of hydrogen-bond acceptors (Lipinski definition) is 3. The molecule has 0 unspecified atom stereocenters. The zero-order chi connectivity index (χ0) is 43.6. The van der Waals surface area contributed by atoms with Gasteiger partial charge in [0.15, 0.2) is 0 Å². The van der Waals surface area contributed by atoms with Crippen molar-refractivity contribution in [2.24, 2.45) is 0 Å². The maximum Gasteiger partial charge on any atom is 0.297 e. The summed E-state index contributed by atoms with van der Waals surface area (Å²) in [5, 5.41) is 1.22. The lowest BCUT2D eigenvalue weighted by Gasteiger charge is -2.45. The van der Waals surface area contributed by atoms with E-state index in [2.05, 4.69) is 199 Å². The third-order valence-corrected chi connectivity index (χ3v) is 15.7. The van der Waals surface area contributed by atoms with Crippen LogP contribution < -0.4 is 26.4 Å². The second kappa shape index (κ2) is 12.7. The number of benzene rings is 5. The molecule has 2 aliphatic heterocycles. The van der Waals surface area contributed by atoms with Gasteiger partial charge in [0, 0.05) is 33.8 Å². The van der Waals surface area contributed by atoms with E-state index in [0.717, 1.165) is 11.2 Å². The lowest BCUT2D eigenvalue weighted by atomic mass is 9.35. The van der Waals surface area contributed by atoms with E-state index in [1.807, 2.05) is 0 Å². The van der Waals surface area contributed by atoms with E-state index >= 15 is 0 Å². The molecule has 314 valence electrons. The summed E-state index contributed by atoms with van der Waals surface area (Å²) >= 11 is 0. The first-order valence-corrected chi connectivity index (χ1v) is 23.1. The fourth-order valence-electron chi connectivity index (χ4n) is 11.5. The molecule has 0 fully saturated rings. The van der Waals surface area contributed by atoms with E-state index in [4.69, 9.17) is 4.42 Å². The van der Waals surface area contributed by atoms with Gasteiger partial charge in [0.1, 0.15) is 5.58 Å². The highest BCUT2D eigenvalue weighted by atomic mass is 16.3. The van der Waals surface area contributed by atoms with Crippen LogP contribution in [0.1, 0.15) is 162 Å². The SMILES string of the molecule is Cc1cc2c3c(c1)N(c1ccc4c(c1)C(C)(C)CCC4(C)C)c1c(oc4cc5c(cc14)C(C)(C)CCC5(C)C)B3c1ccc(C(C)(C)C)cc1N2c1cccc(C(C)(C)C)c1. The predicted octanol–water partition coefficient (Wildman–Crippen LogP) is 14.1. The Kier molecular flexibility index (Phi) is 8.41. The lowest BCUT2D eigenvalue weighted by Crippen LogP contribution is -2.61. The van der Waals surface area contributed by atoms with Crippen molar-refractivity contribution in [3.8, 4) is 0 Å².